The minimum atomic E-state index is -0.186. The van der Waals surface area contributed by atoms with Crippen LogP contribution in [-0.4, -0.2) is 39.0 Å². The molecule has 1 aliphatic heterocycles. The second kappa shape index (κ2) is 5.65. The van der Waals surface area contributed by atoms with Crippen LogP contribution in [0.2, 0.25) is 0 Å². The molecule has 1 aromatic heterocycles. The molecule has 96 valence electrons. The lowest BCUT2D eigenvalue weighted by molar-refractivity contribution is 0.0589. The van der Waals surface area contributed by atoms with Crippen molar-refractivity contribution in [2.75, 3.05) is 13.1 Å². The molecular formula is C13H23N3O. The molecule has 2 atom stereocenters. The normalized spacial score (nSPS) is 23.8. The Kier molecular flexibility index (Phi) is 4.18. The van der Waals surface area contributed by atoms with Gasteiger partial charge in [0.15, 0.2) is 0 Å². The van der Waals surface area contributed by atoms with E-state index >= 15 is 0 Å². The topological polar surface area (TPSA) is 41.3 Å². The molecule has 4 heteroatoms. The van der Waals surface area contributed by atoms with Gasteiger partial charge in [-0.2, -0.15) is 5.10 Å². The van der Waals surface area contributed by atoms with E-state index < -0.39 is 0 Å². The van der Waals surface area contributed by atoms with Crippen LogP contribution in [0, 0.1) is 5.92 Å². The predicted octanol–water partition coefficient (Wildman–Crippen LogP) is 1.50. The molecule has 17 heavy (non-hydrogen) atoms. The maximum atomic E-state index is 9.68. The zero-order valence-corrected chi connectivity index (χ0v) is 10.8. The monoisotopic (exact) mass is 237 g/mol. The van der Waals surface area contributed by atoms with Crippen molar-refractivity contribution >= 4 is 0 Å². The van der Waals surface area contributed by atoms with Gasteiger partial charge in [-0.1, -0.05) is 0 Å². The van der Waals surface area contributed by atoms with Gasteiger partial charge in [0.05, 0.1) is 11.8 Å². The van der Waals surface area contributed by atoms with Crippen LogP contribution in [0.5, 0.6) is 0 Å². The molecule has 0 aromatic carbocycles. The Morgan fingerprint density at radius 3 is 3.12 bits per heavy atom. The molecule has 1 aliphatic rings. The lowest BCUT2D eigenvalue weighted by Gasteiger charge is -2.34. The first-order valence-corrected chi connectivity index (χ1v) is 6.61. The van der Waals surface area contributed by atoms with E-state index in [2.05, 4.69) is 23.0 Å². The molecule has 1 N–H and O–H groups in total. The summed E-state index contributed by atoms with van der Waals surface area (Å²) in [6, 6.07) is 2.09. The number of aromatic nitrogens is 2. The van der Waals surface area contributed by atoms with Crippen molar-refractivity contribution in [3.63, 3.8) is 0 Å². The summed E-state index contributed by atoms with van der Waals surface area (Å²) in [5.74, 6) is 0.432. The number of hydrogen-bond acceptors (Lipinski definition) is 3. The largest absolute Gasteiger partial charge is 0.393 e. The van der Waals surface area contributed by atoms with Crippen LogP contribution in [0.15, 0.2) is 12.3 Å². The van der Waals surface area contributed by atoms with E-state index in [1.807, 2.05) is 17.8 Å². The fourth-order valence-corrected chi connectivity index (χ4v) is 2.64. The number of aliphatic hydroxyl groups is 1. The van der Waals surface area contributed by atoms with E-state index in [9.17, 15) is 5.11 Å². The molecule has 0 spiro atoms. The van der Waals surface area contributed by atoms with Crippen molar-refractivity contribution < 1.29 is 5.11 Å². The van der Waals surface area contributed by atoms with Crippen LogP contribution < -0.4 is 0 Å². The molecule has 2 heterocycles. The zero-order chi connectivity index (χ0) is 12.3. The SMILES string of the molecule is CCn1nccc1CN1CCC[C@H]([C@H](C)O)C1. The molecule has 4 nitrogen and oxygen atoms in total. The summed E-state index contributed by atoms with van der Waals surface area (Å²) < 4.78 is 2.05. The summed E-state index contributed by atoms with van der Waals surface area (Å²) in [5, 5.41) is 14.0. The molecular weight excluding hydrogens is 214 g/mol. The third-order valence-corrected chi connectivity index (χ3v) is 3.71. The highest BCUT2D eigenvalue weighted by Gasteiger charge is 2.23. The molecule has 1 saturated heterocycles. The Labute approximate surface area is 103 Å². The Morgan fingerprint density at radius 2 is 2.41 bits per heavy atom. The molecule has 0 aliphatic carbocycles. The highest BCUT2D eigenvalue weighted by molar-refractivity contribution is 5.00. The Hall–Kier alpha value is -0.870. The fraction of sp³-hybridized carbons (Fsp3) is 0.769. The van der Waals surface area contributed by atoms with Crippen LogP contribution in [0.1, 0.15) is 32.4 Å². The van der Waals surface area contributed by atoms with Gasteiger partial charge in [-0.25, -0.2) is 0 Å². The van der Waals surface area contributed by atoms with Crippen molar-refractivity contribution in [2.24, 2.45) is 5.92 Å². The standard InChI is InChI=1S/C13H23N3O/c1-3-16-13(6-7-14-16)10-15-8-4-5-12(9-15)11(2)17/h6-7,11-12,17H,3-5,8-10H2,1-2H3/t11-,12-/m0/s1. The third kappa shape index (κ3) is 3.07. The van der Waals surface area contributed by atoms with Crippen molar-refractivity contribution in [2.45, 2.75) is 45.9 Å². The van der Waals surface area contributed by atoms with E-state index in [-0.39, 0.29) is 6.10 Å². The van der Waals surface area contributed by atoms with E-state index in [1.165, 1.54) is 12.1 Å². The van der Waals surface area contributed by atoms with Crippen LogP contribution in [0.25, 0.3) is 0 Å². The van der Waals surface area contributed by atoms with E-state index in [4.69, 9.17) is 0 Å². The van der Waals surface area contributed by atoms with Crippen molar-refractivity contribution in [3.05, 3.63) is 18.0 Å². The number of nitrogens with zero attached hydrogens (tertiary/aromatic N) is 3. The average Bonchev–Trinajstić information content (AvgIpc) is 2.76. The molecule has 1 fully saturated rings. The van der Waals surface area contributed by atoms with Crippen molar-refractivity contribution in [3.8, 4) is 0 Å². The molecule has 2 rings (SSSR count). The van der Waals surface area contributed by atoms with Gasteiger partial charge < -0.3 is 5.11 Å². The van der Waals surface area contributed by atoms with Crippen molar-refractivity contribution in [1.82, 2.24) is 14.7 Å². The highest BCUT2D eigenvalue weighted by Crippen LogP contribution is 2.21. The molecule has 0 unspecified atom stereocenters. The first kappa shape index (κ1) is 12.6. The van der Waals surface area contributed by atoms with Gasteiger partial charge in [0.25, 0.3) is 0 Å². The molecule has 0 amide bonds. The fourth-order valence-electron chi connectivity index (χ4n) is 2.64. The number of aryl methyl sites for hydroxylation is 1. The summed E-state index contributed by atoms with van der Waals surface area (Å²) in [6.07, 6.45) is 4.03. The van der Waals surface area contributed by atoms with Gasteiger partial charge in [-0.15, -0.1) is 0 Å². The number of likely N-dealkylation sites (tertiary alicyclic amines) is 1. The van der Waals surface area contributed by atoms with Crippen LogP contribution in [0.3, 0.4) is 0 Å². The van der Waals surface area contributed by atoms with Crippen molar-refractivity contribution in [1.29, 1.82) is 0 Å². The zero-order valence-electron chi connectivity index (χ0n) is 10.8. The maximum absolute atomic E-state index is 9.68. The Bertz CT molecular complexity index is 348. The average molecular weight is 237 g/mol. The quantitative estimate of drug-likeness (QED) is 0.862. The highest BCUT2D eigenvalue weighted by atomic mass is 16.3. The predicted molar refractivity (Wildman–Crippen MR) is 67.6 cm³/mol. The Morgan fingerprint density at radius 1 is 1.59 bits per heavy atom. The van der Waals surface area contributed by atoms with Gasteiger partial charge in [0.1, 0.15) is 0 Å². The summed E-state index contributed by atoms with van der Waals surface area (Å²) in [6.45, 7) is 8.05. The minimum absolute atomic E-state index is 0.186. The number of aliphatic hydroxyl groups excluding tert-OH is 1. The second-order valence-electron chi connectivity index (χ2n) is 5.02. The lowest BCUT2D eigenvalue weighted by Crippen LogP contribution is -2.39. The van der Waals surface area contributed by atoms with E-state index in [0.717, 1.165) is 32.6 Å². The first-order chi connectivity index (χ1) is 8.20. The molecule has 1 aromatic rings. The van der Waals surface area contributed by atoms with Gasteiger partial charge in [-0.05, 0) is 45.2 Å². The van der Waals surface area contributed by atoms with Crippen LogP contribution >= 0.6 is 0 Å². The second-order valence-corrected chi connectivity index (χ2v) is 5.02. The van der Waals surface area contributed by atoms with Gasteiger partial charge in [0.2, 0.25) is 0 Å². The molecule has 0 bridgehead atoms. The number of rotatable bonds is 4. The van der Waals surface area contributed by atoms with E-state index in [1.54, 1.807) is 0 Å². The van der Waals surface area contributed by atoms with Crippen LogP contribution in [0.4, 0.5) is 0 Å². The molecule has 0 radical (unpaired) electrons. The summed E-state index contributed by atoms with van der Waals surface area (Å²) in [5.41, 5.74) is 1.28. The maximum Gasteiger partial charge on any atom is 0.0552 e. The first-order valence-electron chi connectivity index (χ1n) is 6.61. The van der Waals surface area contributed by atoms with Gasteiger partial charge >= 0.3 is 0 Å². The minimum Gasteiger partial charge on any atom is -0.393 e. The summed E-state index contributed by atoms with van der Waals surface area (Å²) in [4.78, 5) is 2.43. The summed E-state index contributed by atoms with van der Waals surface area (Å²) >= 11 is 0. The van der Waals surface area contributed by atoms with Crippen LogP contribution in [-0.2, 0) is 13.1 Å². The van der Waals surface area contributed by atoms with Gasteiger partial charge in [-0.3, -0.25) is 9.58 Å². The summed E-state index contributed by atoms with van der Waals surface area (Å²) in [7, 11) is 0. The van der Waals surface area contributed by atoms with E-state index in [0.29, 0.717) is 5.92 Å². The molecule has 0 saturated carbocycles. The number of hydrogen-bond donors (Lipinski definition) is 1. The lowest BCUT2D eigenvalue weighted by atomic mass is 9.93. The third-order valence-electron chi connectivity index (χ3n) is 3.71. The number of piperidine rings is 1. The van der Waals surface area contributed by atoms with Gasteiger partial charge in [0, 0.05) is 25.8 Å². The Balaban J connectivity index is 1.94. The smallest absolute Gasteiger partial charge is 0.0552 e.